The zero-order chi connectivity index (χ0) is 26.8. The van der Waals surface area contributed by atoms with E-state index in [2.05, 4.69) is 5.32 Å². The SMILES string of the molecule is CC(NC(=O)Cn1cc(/C=C2\SC(=O)N(Cc3ccc(Cl)c(Cl)c3)C2=O)c2ccccc21)c1ccccc1. The first-order valence-corrected chi connectivity index (χ1v) is 13.5. The van der Waals surface area contributed by atoms with Gasteiger partial charge < -0.3 is 9.88 Å². The van der Waals surface area contributed by atoms with Gasteiger partial charge in [-0.05, 0) is 54.1 Å². The zero-order valence-corrected chi connectivity index (χ0v) is 22.7. The second-order valence-electron chi connectivity index (χ2n) is 8.95. The van der Waals surface area contributed by atoms with Gasteiger partial charge in [0.2, 0.25) is 5.91 Å². The van der Waals surface area contributed by atoms with Gasteiger partial charge in [0.05, 0.1) is 27.5 Å². The number of benzene rings is 3. The smallest absolute Gasteiger partial charge is 0.293 e. The number of imide groups is 1. The van der Waals surface area contributed by atoms with Gasteiger partial charge in [0.1, 0.15) is 6.54 Å². The van der Waals surface area contributed by atoms with Gasteiger partial charge in [-0.25, -0.2) is 0 Å². The summed E-state index contributed by atoms with van der Waals surface area (Å²) < 4.78 is 1.86. The molecule has 1 saturated heterocycles. The molecule has 4 aromatic rings. The Hall–Kier alpha value is -3.52. The first-order valence-electron chi connectivity index (χ1n) is 11.9. The van der Waals surface area contributed by atoms with Gasteiger partial charge in [-0.2, -0.15) is 0 Å². The molecule has 0 radical (unpaired) electrons. The largest absolute Gasteiger partial charge is 0.348 e. The van der Waals surface area contributed by atoms with Crippen LogP contribution in [0.15, 0.2) is 83.9 Å². The summed E-state index contributed by atoms with van der Waals surface area (Å²) >= 11 is 13.0. The number of hydrogen-bond acceptors (Lipinski definition) is 4. The van der Waals surface area contributed by atoms with Crippen molar-refractivity contribution < 1.29 is 14.4 Å². The molecule has 1 aliphatic heterocycles. The maximum Gasteiger partial charge on any atom is 0.293 e. The van der Waals surface area contributed by atoms with Crippen LogP contribution in [-0.4, -0.2) is 26.5 Å². The molecule has 9 heteroatoms. The van der Waals surface area contributed by atoms with Crippen LogP contribution in [0.5, 0.6) is 0 Å². The Morgan fingerprint density at radius 2 is 1.74 bits per heavy atom. The molecule has 0 saturated carbocycles. The molecule has 1 atom stereocenters. The van der Waals surface area contributed by atoms with E-state index in [1.54, 1.807) is 24.3 Å². The normalized spacial score (nSPS) is 15.4. The van der Waals surface area contributed by atoms with E-state index in [0.29, 0.717) is 20.5 Å². The van der Waals surface area contributed by atoms with Crippen LogP contribution in [0.3, 0.4) is 0 Å². The maximum atomic E-state index is 13.1. The third-order valence-corrected chi connectivity index (χ3v) is 7.94. The highest BCUT2D eigenvalue weighted by atomic mass is 35.5. The predicted octanol–water partition coefficient (Wildman–Crippen LogP) is 7.06. The number of rotatable bonds is 7. The van der Waals surface area contributed by atoms with Crippen molar-refractivity contribution in [3.05, 3.63) is 111 Å². The summed E-state index contributed by atoms with van der Waals surface area (Å²) in [6.07, 6.45) is 3.55. The van der Waals surface area contributed by atoms with Crippen LogP contribution in [0.1, 0.15) is 29.7 Å². The van der Waals surface area contributed by atoms with Crippen LogP contribution in [-0.2, 0) is 22.7 Å². The van der Waals surface area contributed by atoms with Crippen LogP contribution >= 0.6 is 35.0 Å². The minimum Gasteiger partial charge on any atom is -0.348 e. The van der Waals surface area contributed by atoms with Crippen LogP contribution < -0.4 is 5.32 Å². The lowest BCUT2D eigenvalue weighted by atomic mass is 10.1. The van der Waals surface area contributed by atoms with E-state index < -0.39 is 0 Å². The number of carbonyl (C=O) groups excluding carboxylic acids is 3. The molecular formula is C29H23Cl2N3O3S. The van der Waals surface area contributed by atoms with Gasteiger partial charge in [-0.1, -0.05) is 77.8 Å². The molecule has 6 nitrogen and oxygen atoms in total. The Kier molecular flexibility index (Phi) is 7.61. The van der Waals surface area contributed by atoms with E-state index in [0.717, 1.165) is 33.8 Å². The fourth-order valence-corrected chi connectivity index (χ4v) is 5.54. The molecule has 1 aromatic heterocycles. The molecule has 38 heavy (non-hydrogen) atoms. The molecule has 1 N–H and O–H groups in total. The van der Waals surface area contributed by atoms with E-state index in [4.69, 9.17) is 23.2 Å². The van der Waals surface area contributed by atoms with Crippen LogP contribution in [0.25, 0.3) is 17.0 Å². The number of amides is 3. The van der Waals surface area contributed by atoms with Gasteiger partial charge in [-0.15, -0.1) is 0 Å². The minimum absolute atomic E-state index is 0.0976. The highest BCUT2D eigenvalue weighted by molar-refractivity contribution is 8.18. The summed E-state index contributed by atoms with van der Waals surface area (Å²) in [5.41, 5.74) is 3.34. The lowest BCUT2D eigenvalue weighted by molar-refractivity contribution is -0.123. The van der Waals surface area contributed by atoms with E-state index in [9.17, 15) is 14.4 Å². The first kappa shape index (κ1) is 26.1. The van der Waals surface area contributed by atoms with Gasteiger partial charge in [0.25, 0.3) is 11.1 Å². The maximum absolute atomic E-state index is 13.1. The second kappa shape index (κ2) is 11.1. The van der Waals surface area contributed by atoms with Crippen molar-refractivity contribution >= 4 is 69.0 Å². The number of nitrogens with zero attached hydrogens (tertiary/aromatic N) is 2. The molecule has 3 amide bonds. The zero-order valence-electron chi connectivity index (χ0n) is 20.4. The lowest BCUT2D eigenvalue weighted by Gasteiger charge is -2.15. The number of carbonyl (C=O) groups is 3. The molecule has 3 aromatic carbocycles. The quantitative estimate of drug-likeness (QED) is 0.244. The number of nitrogens with one attached hydrogen (secondary N) is 1. The topological polar surface area (TPSA) is 71.4 Å². The van der Waals surface area contributed by atoms with Gasteiger partial charge in [-0.3, -0.25) is 19.3 Å². The molecule has 0 bridgehead atoms. The number of aromatic nitrogens is 1. The summed E-state index contributed by atoms with van der Waals surface area (Å²) in [5, 5.41) is 4.33. The second-order valence-corrected chi connectivity index (χ2v) is 10.8. The summed E-state index contributed by atoms with van der Waals surface area (Å²) in [5.74, 6) is -0.507. The van der Waals surface area contributed by atoms with Crippen molar-refractivity contribution in [3.8, 4) is 0 Å². The lowest BCUT2D eigenvalue weighted by Crippen LogP contribution is -2.29. The van der Waals surface area contributed by atoms with Crippen molar-refractivity contribution in [2.24, 2.45) is 0 Å². The molecule has 192 valence electrons. The molecule has 1 aliphatic rings. The number of para-hydroxylation sites is 1. The Morgan fingerprint density at radius 1 is 1.00 bits per heavy atom. The molecular weight excluding hydrogens is 541 g/mol. The van der Waals surface area contributed by atoms with Crippen molar-refractivity contribution in [1.29, 1.82) is 0 Å². The van der Waals surface area contributed by atoms with Crippen molar-refractivity contribution in [3.63, 3.8) is 0 Å². The Labute approximate surface area is 234 Å². The van der Waals surface area contributed by atoms with Crippen LogP contribution in [0.4, 0.5) is 4.79 Å². The summed E-state index contributed by atoms with van der Waals surface area (Å²) in [7, 11) is 0. The number of hydrogen-bond donors (Lipinski definition) is 1. The number of thioether (sulfide) groups is 1. The summed E-state index contributed by atoms with van der Waals surface area (Å²) in [6.45, 7) is 2.16. The average molecular weight is 564 g/mol. The average Bonchev–Trinajstić information content (AvgIpc) is 3.38. The van der Waals surface area contributed by atoms with Gasteiger partial charge >= 0.3 is 0 Å². The summed E-state index contributed by atoms with van der Waals surface area (Å²) in [4.78, 5) is 40.2. The van der Waals surface area contributed by atoms with Crippen molar-refractivity contribution in [2.75, 3.05) is 0 Å². The fourth-order valence-electron chi connectivity index (χ4n) is 4.39. The monoisotopic (exact) mass is 563 g/mol. The Balaban J connectivity index is 1.36. The molecule has 5 rings (SSSR count). The van der Waals surface area contributed by atoms with Gasteiger partial charge in [0, 0.05) is 22.7 Å². The summed E-state index contributed by atoms with van der Waals surface area (Å²) in [6, 6.07) is 22.3. The molecule has 1 unspecified atom stereocenters. The third kappa shape index (κ3) is 5.50. The third-order valence-electron chi connectivity index (χ3n) is 6.30. The standard InChI is InChI=1S/C29H23Cl2N3O3S/c1-18(20-7-3-2-4-8-20)32-27(35)17-33-16-21(22-9-5-6-10-25(22)33)14-26-28(36)34(29(37)38-26)15-19-11-12-23(30)24(31)13-19/h2-14,16,18H,15,17H2,1H3,(H,32,35)/b26-14-. The van der Waals surface area contributed by atoms with Crippen LogP contribution in [0, 0.1) is 0 Å². The Morgan fingerprint density at radius 3 is 2.50 bits per heavy atom. The van der Waals surface area contributed by atoms with Gasteiger partial charge in [0.15, 0.2) is 0 Å². The fraction of sp³-hybridized carbons (Fsp3) is 0.138. The number of halogens is 2. The van der Waals surface area contributed by atoms with Crippen molar-refractivity contribution in [2.45, 2.75) is 26.1 Å². The molecule has 1 fully saturated rings. The van der Waals surface area contributed by atoms with E-state index in [1.165, 1.54) is 4.90 Å². The van der Waals surface area contributed by atoms with E-state index in [1.807, 2.05) is 72.3 Å². The van der Waals surface area contributed by atoms with E-state index >= 15 is 0 Å². The van der Waals surface area contributed by atoms with Crippen molar-refractivity contribution in [1.82, 2.24) is 14.8 Å². The predicted molar refractivity (Wildman–Crippen MR) is 153 cm³/mol. The van der Waals surface area contributed by atoms with Crippen LogP contribution in [0.2, 0.25) is 10.0 Å². The highest BCUT2D eigenvalue weighted by Crippen LogP contribution is 2.35. The Bertz CT molecular complexity index is 1580. The minimum atomic E-state index is -0.377. The molecule has 0 spiro atoms. The molecule has 2 heterocycles. The molecule has 0 aliphatic carbocycles. The number of fused-ring (bicyclic) bond motifs is 1. The van der Waals surface area contributed by atoms with E-state index in [-0.39, 0.29) is 36.2 Å². The highest BCUT2D eigenvalue weighted by Gasteiger charge is 2.35. The first-order chi connectivity index (χ1) is 18.3.